The Balaban J connectivity index is 1.67. The highest BCUT2D eigenvalue weighted by atomic mass is 16.5. The summed E-state index contributed by atoms with van der Waals surface area (Å²) in [5.74, 6) is -0.282. The molecule has 0 saturated carbocycles. The van der Waals surface area contributed by atoms with Crippen LogP contribution >= 0.6 is 0 Å². The van der Waals surface area contributed by atoms with E-state index >= 15 is 0 Å². The van der Waals surface area contributed by atoms with Gasteiger partial charge in [0.25, 0.3) is 0 Å². The number of ether oxygens (including phenoxy) is 1. The van der Waals surface area contributed by atoms with Gasteiger partial charge in [0.2, 0.25) is 11.8 Å². The molecule has 2 amide bonds. The van der Waals surface area contributed by atoms with Gasteiger partial charge in [-0.05, 0) is 57.4 Å². The molecule has 0 bridgehead atoms. The van der Waals surface area contributed by atoms with E-state index < -0.39 is 5.92 Å². The second-order valence-electron chi connectivity index (χ2n) is 7.36. The number of nitrogens with zero attached hydrogens (tertiary/aromatic N) is 2. The summed E-state index contributed by atoms with van der Waals surface area (Å²) in [5, 5.41) is 2.87. The quantitative estimate of drug-likeness (QED) is 0.808. The van der Waals surface area contributed by atoms with Gasteiger partial charge >= 0.3 is 0 Å². The van der Waals surface area contributed by atoms with Crippen LogP contribution in [0.3, 0.4) is 0 Å². The number of carbonyl (C=O) groups excluding carboxylic acids is 2. The average molecular weight is 381 g/mol. The molecular weight excluding hydrogens is 354 g/mol. The van der Waals surface area contributed by atoms with Crippen LogP contribution in [0.2, 0.25) is 0 Å². The summed E-state index contributed by atoms with van der Waals surface area (Å²) in [5.41, 5.74) is 5.76. The number of benzene rings is 1. The Morgan fingerprint density at radius 1 is 1.21 bits per heavy atom. The first-order chi connectivity index (χ1) is 13.3. The monoisotopic (exact) mass is 381 g/mol. The summed E-state index contributed by atoms with van der Waals surface area (Å²) in [6.45, 7) is 8.73. The molecule has 1 aliphatic heterocycles. The Hall–Kier alpha value is -2.89. The van der Waals surface area contributed by atoms with Gasteiger partial charge in [-0.1, -0.05) is 6.07 Å². The van der Waals surface area contributed by atoms with Crippen LogP contribution in [0.5, 0.6) is 5.75 Å². The Bertz CT molecular complexity index is 923. The van der Waals surface area contributed by atoms with Crippen LogP contribution in [0.25, 0.3) is 0 Å². The first-order valence-electron chi connectivity index (χ1n) is 9.49. The summed E-state index contributed by atoms with van der Waals surface area (Å²) in [7, 11) is 1.62. The van der Waals surface area contributed by atoms with Crippen LogP contribution in [0.1, 0.15) is 34.4 Å². The van der Waals surface area contributed by atoms with E-state index in [0.29, 0.717) is 13.0 Å². The fourth-order valence-corrected chi connectivity index (χ4v) is 3.62. The van der Waals surface area contributed by atoms with Crippen molar-refractivity contribution in [3.63, 3.8) is 0 Å². The molecule has 148 valence electrons. The third-order valence-electron chi connectivity index (χ3n) is 5.50. The molecule has 1 N–H and O–H groups in total. The van der Waals surface area contributed by atoms with E-state index in [9.17, 15) is 9.59 Å². The molecule has 28 heavy (non-hydrogen) atoms. The predicted octanol–water partition coefficient (Wildman–Crippen LogP) is 2.99. The number of aryl methyl sites for hydroxylation is 3. The highest BCUT2D eigenvalue weighted by Gasteiger charge is 2.37. The van der Waals surface area contributed by atoms with Crippen molar-refractivity contribution in [3.8, 4) is 5.75 Å². The minimum atomic E-state index is -0.658. The Morgan fingerprint density at radius 2 is 1.96 bits per heavy atom. The van der Waals surface area contributed by atoms with Crippen molar-refractivity contribution in [1.82, 2.24) is 10.3 Å². The van der Waals surface area contributed by atoms with E-state index in [1.807, 2.05) is 45.9 Å². The zero-order valence-electron chi connectivity index (χ0n) is 17.1. The second kappa shape index (κ2) is 8.00. The first-order valence-corrected chi connectivity index (χ1v) is 9.49. The number of carbonyl (C=O) groups is 2. The van der Waals surface area contributed by atoms with Gasteiger partial charge in [-0.2, -0.15) is 0 Å². The number of nitrogens with one attached hydrogen (secondary N) is 1. The minimum absolute atomic E-state index is 0.146. The molecule has 1 fully saturated rings. The third kappa shape index (κ3) is 3.72. The van der Waals surface area contributed by atoms with Crippen molar-refractivity contribution in [2.24, 2.45) is 5.92 Å². The number of hydrogen-bond acceptors (Lipinski definition) is 4. The van der Waals surface area contributed by atoms with Gasteiger partial charge in [-0.3, -0.25) is 14.6 Å². The maximum absolute atomic E-state index is 12.8. The maximum atomic E-state index is 12.8. The summed E-state index contributed by atoms with van der Waals surface area (Å²) >= 11 is 0. The van der Waals surface area contributed by atoms with Crippen LogP contribution in [-0.4, -0.2) is 30.5 Å². The van der Waals surface area contributed by atoms with Gasteiger partial charge in [0.1, 0.15) is 11.7 Å². The Labute approximate surface area is 165 Å². The fraction of sp³-hybridized carbons (Fsp3) is 0.409. The van der Waals surface area contributed by atoms with Gasteiger partial charge in [0.15, 0.2) is 0 Å². The van der Waals surface area contributed by atoms with Gasteiger partial charge in [-0.15, -0.1) is 0 Å². The molecule has 0 aliphatic carbocycles. The minimum Gasteiger partial charge on any atom is -0.496 e. The smallest absolute Gasteiger partial charge is 0.239 e. The fourth-order valence-electron chi connectivity index (χ4n) is 3.62. The molecule has 0 radical (unpaired) electrons. The van der Waals surface area contributed by atoms with Crippen molar-refractivity contribution in [3.05, 3.63) is 52.3 Å². The van der Waals surface area contributed by atoms with Crippen LogP contribution < -0.4 is 15.0 Å². The molecule has 0 unspecified atom stereocenters. The first kappa shape index (κ1) is 19.9. The third-order valence-corrected chi connectivity index (χ3v) is 5.50. The van der Waals surface area contributed by atoms with Crippen LogP contribution in [0.15, 0.2) is 24.4 Å². The zero-order valence-corrected chi connectivity index (χ0v) is 17.1. The van der Waals surface area contributed by atoms with Gasteiger partial charge in [-0.25, -0.2) is 0 Å². The number of hydrogen-bond donors (Lipinski definition) is 1. The largest absolute Gasteiger partial charge is 0.496 e. The summed E-state index contributed by atoms with van der Waals surface area (Å²) in [4.78, 5) is 31.5. The van der Waals surface area contributed by atoms with Crippen molar-refractivity contribution in [1.29, 1.82) is 0 Å². The number of anilines is 1. The molecule has 2 aromatic rings. The second-order valence-corrected chi connectivity index (χ2v) is 7.36. The van der Waals surface area contributed by atoms with E-state index in [-0.39, 0.29) is 18.4 Å². The lowest BCUT2D eigenvalue weighted by molar-refractivity contribution is -0.132. The highest BCUT2D eigenvalue weighted by molar-refractivity contribution is 6.09. The van der Waals surface area contributed by atoms with E-state index in [0.717, 1.165) is 33.8 Å². The van der Waals surface area contributed by atoms with Crippen molar-refractivity contribution >= 4 is 17.5 Å². The van der Waals surface area contributed by atoms with E-state index in [1.54, 1.807) is 18.2 Å². The zero-order chi connectivity index (χ0) is 20.4. The van der Waals surface area contributed by atoms with Crippen LogP contribution in [0.4, 0.5) is 5.69 Å². The Kier molecular flexibility index (Phi) is 5.68. The van der Waals surface area contributed by atoms with Crippen LogP contribution in [0, 0.1) is 33.6 Å². The highest BCUT2D eigenvalue weighted by Crippen LogP contribution is 2.27. The summed E-state index contributed by atoms with van der Waals surface area (Å²) < 4.78 is 5.41. The average Bonchev–Trinajstić information content (AvgIpc) is 3.05. The number of aromatic nitrogens is 1. The van der Waals surface area contributed by atoms with Gasteiger partial charge in [0.05, 0.1) is 19.3 Å². The van der Waals surface area contributed by atoms with Crippen LogP contribution in [-0.2, 0) is 16.1 Å². The molecule has 2 heterocycles. The normalized spacial score (nSPS) is 16.4. The molecule has 0 spiro atoms. The van der Waals surface area contributed by atoms with E-state index in [2.05, 4.69) is 10.3 Å². The number of rotatable bonds is 5. The maximum Gasteiger partial charge on any atom is 0.239 e. The molecule has 1 atom stereocenters. The SMILES string of the molecule is COc1c(C)cnc(CNC(=O)[C@@H]2CCN(c3ccc(C)c(C)c3)C2=O)c1C. The molecule has 1 aromatic carbocycles. The molecule has 6 nitrogen and oxygen atoms in total. The lowest BCUT2D eigenvalue weighted by Crippen LogP contribution is -2.36. The lowest BCUT2D eigenvalue weighted by Gasteiger charge is -2.18. The number of amides is 2. The van der Waals surface area contributed by atoms with Gasteiger partial charge in [0, 0.05) is 29.6 Å². The summed E-state index contributed by atoms with van der Waals surface area (Å²) in [6.07, 6.45) is 2.25. The number of methoxy groups -OCH3 is 1. The molecule has 1 saturated heterocycles. The summed E-state index contributed by atoms with van der Waals surface area (Å²) in [6, 6.07) is 5.94. The Morgan fingerprint density at radius 3 is 2.64 bits per heavy atom. The standard InChI is InChI=1S/C22H27N3O3/c1-13-6-7-17(10-14(13)2)25-9-8-18(22(25)27)21(26)24-12-19-16(4)20(28-5)15(3)11-23-19/h6-7,10-11,18H,8-9,12H2,1-5H3,(H,24,26)/t18-/m0/s1. The number of pyridine rings is 1. The van der Waals surface area contributed by atoms with Crippen molar-refractivity contribution in [2.75, 3.05) is 18.6 Å². The molecule has 1 aliphatic rings. The van der Waals surface area contributed by atoms with Crippen molar-refractivity contribution in [2.45, 2.75) is 40.7 Å². The lowest BCUT2D eigenvalue weighted by atomic mass is 10.1. The van der Waals surface area contributed by atoms with Gasteiger partial charge < -0.3 is 15.0 Å². The van der Waals surface area contributed by atoms with E-state index in [1.165, 1.54) is 5.56 Å². The van der Waals surface area contributed by atoms with Crippen molar-refractivity contribution < 1.29 is 14.3 Å². The molecule has 3 rings (SSSR count). The predicted molar refractivity (Wildman–Crippen MR) is 108 cm³/mol. The topological polar surface area (TPSA) is 71.5 Å². The molecular formula is C22H27N3O3. The van der Waals surface area contributed by atoms with E-state index in [4.69, 9.17) is 4.74 Å². The molecule has 1 aromatic heterocycles. The molecule has 6 heteroatoms.